The molecule has 0 rings (SSSR count). The predicted octanol–water partition coefficient (Wildman–Crippen LogP) is 1.69. The maximum Gasteiger partial charge on any atom is 0.377 e. The normalized spacial score (nSPS) is 9.82. The van der Waals surface area contributed by atoms with Crippen LogP contribution in [0.4, 0.5) is 4.79 Å². The van der Waals surface area contributed by atoms with Crippen molar-refractivity contribution in [2.24, 2.45) is 0 Å². The van der Waals surface area contributed by atoms with Crippen LogP contribution in [-0.4, -0.2) is 11.7 Å². The van der Waals surface area contributed by atoms with Gasteiger partial charge in [-0.25, -0.2) is 11.3 Å². The first-order valence-electron chi connectivity index (χ1n) is 3.23. The van der Waals surface area contributed by atoms with Crippen LogP contribution in [0.2, 0.25) is 0 Å². The van der Waals surface area contributed by atoms with E-state index in [1.54, 1.807) is 6.92 Å². The van der Waals surface area contributed by atoms with Gasteiger partial charge in [0.25, 0.3) is 0 Å². The molecule has 3 nitrogen and oxygen atoms in total. The number of amides is 1. The van der Waals surface area contributed by atoms with Crippen LogP contribution < -0.4 is 5.32 Å². The van der Waals surface area contributed by atoms with Crippen LogP contribution in [0, 0.1) is 6.54 Å². The SMILES string of the molecule is C[CH-]NC(=O)OC(C)(C)C.[Y]. The van der Waals surface area contributed by atoms with E-state index in [0.29, 0.717) is 0 Å². The number of alkyl carbamates (subject to hydrolysis) is 1. The Morgan fingerprint density at radius 2 is 1.91 bits per heavy atom. The molecule has 0 unspecified atom stereocenters. The molecule has 0 fully saturated rings. The maximum absolute atomic E-state index is 10.7. The Kier molecular flexibility index (Phi) is 7.54. The second kappa shape index (κ2) is 5.95. The van der Waals surface area contributed by atoms with Crippen molar-refractivity contribution >= 4 is 6.09 Å². The third-order valence-corrected chi connectivity index (χ3v) is 0.661. The number of hydrogen-bond donors (Lipinski definition) is 1. The van der Waals surface area contributed by atoms with E-state index in [4.69, 9.17) is 4.74 Å². The molecule has 0 aliphatic heterocycles. The second-order valence-corrected chi connectivity index (χ2v) is 2.93. The smallest absolute Gasteiger partial charge is 0.377 e. The molecule has 1 N–H and O–H groups in total. The van der Waals surface area contributed by atoms with E-state index >= 15 is 0 Å². The molecular formula is C7H14NO2Y-. The van der Waals surface area contributed by atoms with Crippen LogP contribution in [-0.2, 0) is 37.4 Å². The molecule has 0 aromatic heterocycles. The molecule has 0 heterocycles. The average Bonchev–Trinajstić information content (AvgIpc) is 1.59. The fourth-order valence-electron chi connectivity index (χ4n) is 0.425. The Labute approximate surface area is 93.1 Å². The van der Waals surface area contributed by atoms with E-state index in [2.05, 4.69) is 5.32 Å². The van der Waals surface area contributed by atoms with Crippen molar-refractivity contribution in [1.82, 2.24) is 5.32 Å². The van der Waals surface area contributed by atoms with E-state index < -0.39 is 11.7 Å². The molecule has 0 atom stereocenters. The summed E-state index contributed by atoms with van der Waals surface area (Å²) in [5.41, 5.74) is -0.410. The molecule has 4 heteroatoms. The Bertz CT molecular complexity index is 120. The Morgan fingerprint density at radius 1 is 1.45 bits per heavy atom. The summed E-state index contributed by atoms with van der Waals surface area (Å²) < 4.78 is 4.90. The zero-order valence-corrected chi connectivity index (χ0v) is 10.3. The minimum atomic E-state index is -0.410. The van der Waals surface area contributed by atoms with Gasteiger partial charge in [0.15, 0.2) is 0 Å². The van der Waals surface area contributed by atoms with Crippen molar-refractivity contribution < 1.29 is 42.2 Å². The van der Waals surface area contributed by atoms with Crippen molar-refractivity contribution in [1.29, 1.82) is 0 Å². The summed E-state index contributed by atoms with van der Waals surface area (Å²) in [6.07, 6.45) is -0.407. The van der Waals surface area contributed by atoms with Crippen molar-refractivity contribution in [3.8, 4) is 0 Å². The van der Waals surface area contributed by atoms with Gasteiger partial charge >= 0.3 is 6.09 Å². The number of carbonyl (C=O) groups excluding carboxylic acids is 1. The number of rotatable bonds is 1. The van der Waals surface area contributed by atoms with Gasteiger partial charge in [-0.15, -0.1) is 0 Å². The standard InChI is InChI=1S/C7H14NO2.Y/c1-5-8-6(9)10-7(2,3)4;/h5H,1-4H3,(H,8,9);/q-1;. The Hall–Kier alpha value is 0.374. The zero-order chi connectivity index (χ0) is 8.20. The average molecular weight is 233 g/mol. The molecular weight excluding hydrogens is 219 g/mol. The molecule has 0 saturated heterocycles. The van der Waals surface area contributed by atoms with Crippen molar-refractivity contribution in [3.05, 3.63) is 6.54 Å². The molecule has 11 heavy (non-hydrogen) atoms. The van der Waals surface area contributed by atoms with E-state index in [-0.39, 0.29) is 32.7 Å². The summed E-state index contributed by atoms with van der Waals surface area (Å²) in [4.78, 5) is 10.7. The molecule has 63 valence electrons. The summed E-state index contributed by atoms with van der Waals surface area (Å²) in [5.74, 6) is 0. The predicted molar refractivity (Wildman–Crippen MR) is 39.3 cm³/mol. The van der Waals surface area contributed by atoms with Gasteiger partial charge < -0.3 is 10.1 Å². The molecule has 0 aliphatic carbocycles. The first kappa shape index (κ1) is 13.9. The van der Waals surface area contributed by atoms with Gasteiger partial charge in [-0.2, -0.15) is 6.92 Å². The van der Waals surface area contributed by atoms with Crippen LogP contribution >= 0.6 is 0 Å². The third kappa shape index (κ3) is 10.4. The van der Waals surface area contributed by atoms with Crippen LogP contribution in [0.1, 0.15) is 27.7 Å². The largest absolute Gasteiger partial charge is 0.471 e. The van der Waals surface area contributed by atoms with Crippen LogP contribution in [0.25, 0.3) is 0 Å². The molecule has 1 amide bonds. The maximum atomic E-state index is 10.7. The molecule has 0 spiro atoms. The second-order valence-electron chi connectivity index (χ2n) is 2.93. The van der Waals surface area contributed by atoms with Gasteiger partial charge in [0.1, 0.15) is 5.60 Å². The summed E-state index contributed by atoms with van der Waals surface area (Å²) in [6.45, 7) is 8.73. The van der Waals surface area contributed by atoms with Crippen LogP contribution in [0.3, 0.4) is 0 Å². The molecule has 0 saturated carbocycles. The first-order valence-corrected chi connectivity index (χ1v) is 3.23. The van der Waals surface area contributed by atoms with Gasteiger partial charge in [0.05, 0.1) is 0 Å². The van der Waals surface area contributed by atoms with Gasteiger partial charge in [-0.05, 0) is 20.8 Å². The number of nitrogens with one attached hydrogen (secondary N) is 1. The summed E-state index contributed by atoms with van der Waals surface area (Å²) in [7, 11) is 0. The topological polar surface area (TPSA) is 38.3 Å². The van der Waals surface area contributed by atoms with Gasteiger partial charge in [-0.3, -0.25) is 0 Å². The van der Waals surface area contributed by atoms with E-state index in [1.165, 1.54) is 6.54 Å². The summed E-state index contributed by atoms with van der Waals surface area (Å²) >= 11 is 0. The monoisotopic (exact) mass is 233 g/mol. The van der Waals surface area contributed by atoms with Crippen LogP contribution in [0.5, 0.6) is 0 Å². The van der Waals surface area contributed by atoms with Gasteiger partial charge in [0.2, 0.25) is 0 Å². The van der Waals surface area contributed by atoms with E-state index in [1.807, 2.05) is 20.8 Å². The van der Waals surface area contributed by atoms with Gasteiger partial charge in [0, 0.05) is 32.7 Å². The Balaban J connectivity index is 0. The summed E-state index contributed by atoms with van der Waals surface area (Å²) in [6, 6.07) is 0. The van der Waals surface area contributed by atoms with E-state index in [0.717, 1.165) is 0 Å². The molecule has 0 aliphatic rings. The molecule has 0 bridgehead atoms. The summed E-state index contributed by atoms with van der Waals surface area (Å²) in [5, 5.41) is 2.42. The zero-order valence-electron chi connectivity index (χ0n) is 7.47. The quantitative estimate of drug-likeness (QED) is 0.700. The fraction of sp³-hybridized carbons (Fsp3) is 0.714. The minimum absolute atomic E-state index is 0. The van der Waals surface area contributed by atoms with Gasteiger partial charge in [-0.1, -0.05) is 0 Å². The fourth-order valence-corrected chi connectivity index (χ4v) is 0.425. The third-order valence-electron chi connectivity index (χ3n) is 0.661. The minimum Gasteiger partial charge on any atom is -0.471 e. The first-order chi connectivity index (χ1) is 4.45. The van der Waals surface area contributed by atoms with Crippen molar-refractivity contribution in [2.75, 3.05) is 0 Å². The molecule has 0 aromatic carbocycles. The number of hydrogen-bond acceptors (Lipinski definition) is 2. The van der Waals surface area contributed by atoms with Crippen LogP contribution in [0.15, 0.2) is 0 Å². The molecule has 0 aromatic rings. The Morgan fingerprint density at radius 3 is 2.18 bits per heavy atom. The molecule has 1 radical (unpaired) electrons. The number of carbonyl (C=O) groups is 1. The van der Waals surface area contributed by atoms with Crippen molar-refractivity contribution in [3.63, 3.8) is 0 Å². The van der Waals surface area contributed by atoms with E-state index in [9.17, 15) is 4.79 Å². The number of ether oxygens (including phenoxy) is 1. The van der Waals surface area contributed by atoms with Crippen molar-refractivity contribution in [2.45, 2.75) is 33.3 Å².